The molecule has 1 heterocycles. The van der Waals surface area contributed by atoms with E-state index in [1.54, 1.807) is 5.56 Å². The number of nitrogens with zero attached hydrogens (tertiary/aromatic N) is 1. The molecule has 1 aliphatic heterocycles. The molecular weight excluding hydrogens is 214 g/mol. The molecule has 0 amide bonds. The number of hydrogen-bond acceptors (Lipinski definition) is 2. The van der Waals surface area contributed by atoms with E-state index >= 15 is 0 Å². The molecule has 0 fully saturated rings. The van der Waals surface area contributed by atoms with Crippen LogP contribution in [0.3, 0.4) is 0 Å². The van der Waals surface area contributed by atoms with Crippen molar-refractivity contribution in [1.82, 2.24) is 4.90 Å². The van der Waals surface area contributed by atoms with Crippen LogP contribution in [0.5, 0.6) is 0 Å². The maximum absolute atomic E-state index is 2.42. The zero-order valence-electron chi connectivity index (χ0n) is 10.3. The second-order valence-electron chi connectivity index (χ2n) is 4.54. The molecule has 0 radical (unpaired) electrons. The smallest absolute Gasteiger partial charge is 0.0104 e. The average molecular weight is 235 g/mol. The molecular formula is C14H21NS. The maximum atomic E-state index is 2.42. The summed E-state index contributed by atoms with van der Waals surface area (Å²) in [6, 6.07) is 7.05. The molecule has 0 spiro atoms. The standard InChI is InChI=1S/C14H21NS/c1-3-15(2)9-8-12-6-7-14-13(11-12)5-4-10-16-14/h6-7,11H,3-5,8-10H2,1-2H3. The average Bonchev–Trinajstić information content (AvgIpc) is 2.35. The lowest BCUT2D eigenvalue weighted by atomic mass is 10.0. The zero-order chi connectivity index (χ0) is 11.4. The number of likely N-dealkylation sites (N-methyl/N-ethyl adjacent to an activating group) is 1. The van der Waals surface area contributed by atoms with Crippen LogP contribution in [0.2, 0.25) is 0 Å². The molecule has 2 rings (SSSR count). The van der Waals surface area contributed by atoms with E-state index in [-0.39, 0.29) is 0 Å². The largest absolute Gasteiger partial charge is 0.306 e. The lowest BCUT2D eigenvalue weighted by molar-refractivity contribution is 0.357. The van der Waals surface area contributed by atoms with Gasteiger partial charge >= 0.3 is 0 Å². The Balaban J connectivity index is 2.00. The summed E-state index contributed by atoms with van der Waals surface area (Å²) in [6.45, 7) is 4.52. The minimum Gasteiger partial charge on any atom is -0.306 e. The summed E-state index contributed by atoms with van der Waals surface area (Å²) < 4.78 is 0. The highest BCUT2D eigenvalue weighted by Gasteiger charge is 2.09. The monoisotopic (exact) mass is 235 g/mol. The first-order chi connectivity index (χ1) is 7.79. The molecule has 88 valence electrons. The fraction of sp³-hybridized carbons (Fsp3) is 0.571. The third-order valence-electron chi connectivity index (χ3n) is 3.29. The predicted molar refractivity (Wildman–Crippen MR) is 72.4 cm³/mol. The summed E-state index contributed by atoms with van der Waals surface area (Å²) in [5, 5.41) is 0. The Bertz CT molecular complexity index is 349. The van der Waals surface area contributed by atoms with Crippen LogP contribution in [0.1, 0.15) is 24.5 Å². The van der Waals surface area contributed by atoms with E-state index in [0.717, 1.165) is 6.54 Å². The second kappa shape index (κ2) is 5.74. The van der Waals surface area contributed by atoms with Crippen molar-refractivity contribution < 1.29 is 0 Å². The van der Waals surface area contributed by atoms with E-state index in [1.165, 1.54) is 42.0 Å². The molecule has 1 aromatic carbocycles. The lowest BCUT2D eigenvalue weighted by Crippen LogP contribution is -2.20. The molecule has 1 aromatic rings. The topological polar surface area (TPSA) is 3.24 Å². The van der Waals surface area contributed by atoms with Gasteiger partial charge in [-0.25, -0.2) is 0 Å². The van der Waals surface area contributed by atoms with E-state index in [9.17, 15) is 0 Å². The normalized spacial score (nSPS) is 15.2. The van der Waals surface area contributed by atoms with Gasteiger partial charge in [0.2, 0.25) is 0 Å². The van der Waals surface area contributed by atoms with Crippen LogP contribution in [0.4, 0.5) is 0 Å². The van der Waals surface area contributed by atoms with Crippen molar-refractivity contribution in [2.24, 2.45) is 0 Å². The van der Waals surface area contributed by atoms with Crippen molar-refractivity contribution in [2.75, 3.05) is 25.9 Å². The highest BCUT2D eigenvalue weighted by Crippen LogP contribution is 2.30. The summed E-state index contributed by atoms with van der Waals surface area (Å²) in [5.41, 5.74) is 3.08. The van der Waals surface area contributed by atoms with Crippen LogP contribution in [-0.2, 0) is 12.8 Å². The number of aryl methyl sites for hydroxylation is 1. The molecule has 0 unspecified atom stereocenters. The Morgan fingerprint density at radius 3 is 3.06 bits per heavy atom. The van der Waals surface area contributed by atoms with Crippen molar-refractivity contribution in [3.05, 3.63) is 29.3 Å². The van der Waals surface area contributed by atoms with Gasteiger partial charge in [0.1, 0.15) is 0 Å². The Morgan fingerprint density at radius 1 is 1.38 bits per heavy atom. The van der Waals surface area contributed by atoms with Crippen molar-refractivity contribution in [1.29, 1.82) is 0 Å². The van der Waals surface area contributed by atoms with Gasteiger partial charge in [0, 0.05) is 11.4 Å². The lowest BCUT2D eigenvalue weighted by Gasteiger charge is -2.17. The third kappa shape index (κ3) is 3.02. The summed E-state index contributed by atoms with van der Waals surface area (Å²) in [5.74, 6) is 1.30. The van der Waals surface area contributed by atoms with Crippen molar-refractivity contribution >= 4 is 11.8 Å². The van der Waals surface area contributed by atoms with Crippen LogP contribution < -0.4 is 0 Å². The van der Waals surface area contributed by atoms with Gasteiger partial charge in [0.05, 0.1) is 0 Å². The first-order valence-electron chi connectivity index (χ1n) is 6.22. The van der Waals surface area contributed by atoms with Gasteiger partial charge < -0.3 is 4.90 Å². The molecule has 16 heavy (non-hydrogen) atoms. The quantitative estimate of drug-likeness (QED) is 0.788. The third-order valence-corrected chi connectivity index (χ3v) is 4.50. The number of fused-ring (bicyclic) bond motifs is 1. The van der Waals surface area contributed by atoms with Gasteiger partial charge in [0.25, 0.3) is 0 Å². The molecule has 0 bridgehead atoms. The van der Waals surface area contributed by atoms with Gasteiger partial charge in [-0.15, -0.1) is 11.8 Å². The Labute approximate surface area is 103 Å². The van der Waals surface area contributed by atoms with E-state index < -0.39 is 0 Å². The van der Waals surface area contributed by atoms with E-state index in [4.69, 9.17) is 0 Å². The highest BCUT2D eigenvalue weighted by molar-refractivity contribution is 7.99. The molecule has 0 aliphatic carbocycles. The maximum Gasteiger partial charge on any atom is 0.0104 e. The van der Waals surface area contributed by atoms with Gasteiger partial charge in [-0.1, -0.05) is 19.1 Å². The Kier molecular flexibility index (Phi) is 4.30. The van der Waals surface area contributed by atoms with Crippen molar-refractivity contribution in [2.45, 2.75) is 31.1 Å². The van der Waals surface area contributed by atoms with Gasteiger partial charge in [-0.2, -0.15) is 0 Å². The fourth-order valence-electron chi connectivity index (χ4n) is 2.05. The van der Waals surface area contributed by atoms with Crippen LogP contribution in [0.15, 0.2) is 23.1 Å². The van der Waals surface area contributed by atoms with E-state index in [1.807, 2.05) is 11.8 Å². The minimum absolute atomic E-state index is 1.14. The van der Waals surface area contributed by atoms with Gasteiger partial charge in [-0.3, -0.25) is 0 Å². The molecule has 1 aliphatic rings. The molecule has 0 N–H and O–H groups in total. The van der Waals surface area contributed by atoms with E-state index in [2.05, 4.69) is 37.1 Å². The first kappa shape index (κ1) is 12.0. The summed E-state index contributed by atoms with van der Waals surface area (Å²) in [4.78, 5) is 3.88. The number of thioether (sulfide) groups is 1. The van der Waals surface area contributed by atoms with E-state index in [0.29, 0.717) is 0 Å². The molecule has 2 heteroatoms. The summed E-state index contributed by atoms with van der Waals surface area (Å²) in [6.07, 6.45) is 3.80. The summed E-state index contributed by atoms with van der Waals surface area (Å²) in [7, 11) is 2.19. The second-order valence-corrected chi connectivity index (χ2v) is 5.68. The molecule has 0 saturated carbocycles. The van der Waals surface area contributed by atoms with Gasteiger partial charge in [-0.05, 0) is 55.8 Å². The number of benzene rings is 1. The van der Waals surface area contributed by atoms with Crippen LogP contribution in [-0.4, -0.2) is 30.8 Å². The minimum atomic E-state index is 1.14. The number of hydrogen-bond donors (Lipinski definition) is 0. The van der Waals surface area contributed by atoms with Crippen molar-refractivity contribution in [3.8, 4) is 0 Å². The van der Waals surface area contributed by atoms with Crippen LogP contribution >= 0.6 is 11.8 Å². The Hall–Kier alpha value is -0.470. The number of rotatable bonds is 4. The molecule has 0 atom stereocenters. The molecule has 0 aromatic heterocycles. The molecule has 1 nitrogen and oxygen atoms in total. The summed E-state index contributed by atoms with van der Waals surface area (Å²) >= 11 is 2.02. The Morgan fingerprint density at radius 2 is 2.25 bits per heavy atom. The molecule has 0 saturated heterocycles. The van der Waals surface area contributed by atoms with Gasteiger partial charge in [0.15, 0.2) is 0 Å². The zero-order valence-corrected chi connectivity index (χ0v) is 11.1. The van der Waals surface area contributed by atoms with Crippen LogP contribution in [0, 0.1) is 0 Å². The first-order valence-corrected chi connectivity index (χ1v) is 7.21. The van der Waals surface area contributed by atoms with Crippen LogP contribution in [0.25, 0.3) is 0 Å². The fourth-order valence-corrected chi connectivity index (χ4v) is 3.07. The SMILES string of the molecule is CCN(C)CCc1ccc2c(c1)CCCS2. The highest BCUT2D eigenvalue weighted by atomic mass is 32.2. The predicted octanol–water partition coefficient (Wildman–Crippen LogP) is 3.22. The van der Waals surface area contributed by atoms with Crippen molar-refractivity contribution in [3.63, 3.8) is 0 Å².